The summed E-state index contributed by atoms with van der Waals surface area (Å²) in [5, 5.41) is 4.28. The van der Waals surface area contributed by atoms with Gasteiger partial charge in [-0.05, 0) is 29.8 Å². The first-order valence-corrected chi connectivity index (χ1v) is 9.16. The molecule has 0 radical (unpaired) electrons. The molecule has 3 rings (SSSR count). The molecule has 0 saturated heterocycles. The molecule has 2 aromatic carbocycles. The number of sulfonamides is 1. The number of rotatable bonds is 6. The van der Waals surface area contributed by atoms with Crippen LogP contribution in [-0.4, -0.2) is 29.6 Å². The molecule has 0 atom stereocenters. The highest BCUT2D eigenvalue weighted by Gasteiger charge is 2.21. The van der Waals surface area contributed by atoms with Gasteiger partial charge in [0.2, 0.25) is 10.0 Å². The summed E-state index contributed by atoms with van der Waals surface area (Å²) in [5.41, 5.74) is 1.90. The van der Waals surface area contributed by atoms with Crippen LogP contribution in [0.15, 0.2) is 71.9 Å². The molecule has 7 heteroatoms. The van der Waals surface area contributed by atoms with Crippen LogP contribution in [0.2, 0.25) is 0 Å². The number of hydrogen-bond acceptors (Lipinski definition) is 3. The van der Waals surface area contributed by atoms with Gasteiger partial charge in [-0.3, -0.25) is 4.68 Å². The third kappa shape index (κ3) is 4.12. The molecular formula is C18H18FN3O2S. The minimum atomic E-state index is -3.67. The van der Waals surface area contributed by atoms with Crippen LogP contribution in [0, 0.1) is 5.82 Å². The van der Waals surface area contributed by atoms with E-state index in [9.17, 15) is 12.8 Å². The molecule has 0 N–H and O–H groups in total. The zero-order valence-electron chi connectivity index (χ0n) is 13.7. The molecule has 0 aliphatic heterocycles. The predicted molar refractivity (Wildman–Crippen MR) is 92.8 cm³/mol. The summed E-state index contributed by atoms with van der Waals surface area (Å²) >= 11 is 0. The first-order valence-electron chi connectivity index (χ1n) is 7.72. The van der Waals surface area contributed by atoms with E-state index >= 15 is 0 Å². The van der Waals surface area contributed by atoms with Crippen molar-refractivity contribution >= 4 is 10.0 Å². The second kappa shape index (κ2) is 7.16. The second-order valence-corrected chi connectivity index (χ2v) is 7.79. The molecule has 0 saturated carbocycles. The minimum Gasteiger partial charge on any atom is -0.268 e. The highest BCUT2D eigenvalue weighted by molar-refractivity contribution is 7.89. The quantitative estimate of drug-likeness (QED) is 0.680. The monoisotopic (exact) mass is 359 g/mol. The molecule has 1 aromatic heterocycles. The topological polar surface area (TPSA) is 55.2 Å². The zero-order chi connectivity index (χ0) is 17.9. The first kappa shape index (κ1) is 17.3. The molecule has 0 aliphatic rings. The van der Waals surface area contributed by atoms with Crippen molar-refractivity contribution in [1.82, 2.24) is 14.1 Å². The lowest BCUT2D eigenvalue weighted by atomic mass is 10.2. The molecule has 130 valence electrons. The van der Waals surface area contributed by atoms with Crippen LogP contribution < -0.4 is 0 Å². The van der Waals surface area contributed by atoms with E-state index < -0.39 is 15.8 Å². The maximum Gasteiger partial charge on any atom is 0.243 e. The van der Waals surface area contributed by atoms with Gasteiger partial charge in [0.1, 0.15) is 5.82 Å². The first-order chi connectivity index (χ1) is 11.9. The number of aromatic nitrogens is 2. The van der Waals surface area contributed by atoms with Crippen molar-refractivity contribution in [1.29, 1.82) is 0 Å². The Morgan fingerprint density at radius 3 is 2.40 bits per heavy atom. The van der Waals surface area contributed by atoms with Crippen LogP contribution in [0.3, 0.4) is 0 Å². The van der Waals surface area contributed by atoms with Crippen LogP contribution in [-0.2, 0) is 23.1 Å². The van der Waals surface area contributed by atoms with E-state index in [1.165, 1.54) is 23.5 Å². The van der Waals surface area contributed by atoms with Crippen LogP contribution in [0.25, 0.3) is 0 Å². The molecule has 25 heavy (non-hydrogen) atoms. The molecule has 1 heterocycles. The van der Waals surface area contributed by atoms with E-state index in [0.29, 0.717) is 6.54 Å². The van der Waals surface area contributed by atoms with E-state index in [2.05, 4.69) is 5.10 Å². The van der Waals surface area contributed by atoms with Crippen LogP contribution in [0.5, 0.6) is 0 Å². The van der Waals surface area contributed by atoms with Gasteiger partial charge in [-0.2, -0.15) is 9.40 Å². The summed E-state index contributed by atoms with van der Waals surface area (Å²) in [6.45, 7) is 0.809. The lowest BCUT2D eigenvalue weighted by molar-refractivity contribution is 0.466. The van der Waals surface area contributed by atoms with Crippen LogP contribution >= 0.6 is 0 Å². The van der Waals surface area contributed by atoms with Crippen LogP contribution in [0.4, 0.5) is 4.39 Å². The van der Waals surface area contributed by atoms with Crippen molar-refractivity contribution in [3.8, 4) is 0 Å². The summed E-state index contributed by atoms with van der Waals surface area (Å²) in [7, 11) is -2.18. The Balaban J connectivity index is 1.70. The average molecular weight is 359 g/mol. The Bertz CT molecular complexity index is 938. The van der Waals surface area contributed by atoms with Crippen molar-refractivity contribution in [2.75, 3.05) is 7.05 Å². The minimum absolute atomic E-state index is 0.0630. The second-order valence-electron chi connectivity index (χ2n) is 5.75. The lowest BCUT2D eigenvalue weighted by Gasteiger charge is -2.16. The van der Waals surface area contributed by atoms with E-state index in [4.69, 9.17) is 0 Å². The molecule has 0 fully saturated rings. The van der Waals surface area contributed by atoms with Crippen molar-refractivity contribution < 1.29 is 12.8 Å². The summed E-state index contributed by atoms with van der Waals surface area (Å²) in [5.74, 6) is -0.469. The SMILES string of the molecule is CN(Cc1cnn(Cc2ccccc2)c1)S(=O)(=O)c1ccc(F)cc1. The van der Waals surface area contributed by atoms with Gasteiger partial charge in [-0.15, -0.1) is 0 Å². The van der Waals surface area contributed by atoms with Gasteiger partial charge >= 0.3 is 0 Å². The third-order valence-corrected chi connectivity index (χ3v) is 5.62. The van der Waals surface area contributed by atoms with E-state index in [0.717, 1.165) is 23.3 Å². The fourth-order valence-corrected chi connectivity index (χ4v) is 3.63. The van der Waals surface area contributed by atoms with Gasteiger partial charge in [0.15, 0.2) is 0 Å². The fraction of sp³-hybridized carbons (Fsp3) is 0.167. The van der Waals surface area contributed by atoms with Gasteiger partial charge in [-0.1, -0.05) is 30.3 Å². The average Bonchev–Trinajstić information content (AvgIpc) is 3.03. The van der Waals surface area contributed by atoms with E-state index in [1.807, 2.05) is 36.5 Å². The normalized spacial score (nSPS) is 11.8. The summed E-state index contributed by atoms with van der Waals surface area (Å²) in [4.78, 5) is 0.0630. The molecule has 0 amide bonds. The summed E-state index contributed by atoms with van der Waals surface area (Å²) < 4.78 is 41.0. The fourth-order valence-electron chi connectivity index (χ4n) is 2.47. The molecule has 3 aromatic rings. The number of benzene rings is 2. The summed E-state index contributed by atoms with van der Waals surface area (Å²) in [6.07, 6.45) is 3.48. The van der Waals surface area contributed by atoms with Gasteiger partial charge in [0, 0.05) is 25.4 Å². The number of nitrogens with zero attached hydrogens (tertiary/aromatic N) is 3. The molecular weight excluding hydrogens is 341 g/mol. The standard InChI is InChI=1S/C18H18FN3O2S/c1-21(25(23,24)18-9-7-17(19)8-10-18)12-16-11-20-22(14-16)13-15-5-3-2-4-6-15/h2-11,14H,12-13H2,1H3. The molecule has 0 bridgehead atoms. The van der Waals surface area contributed by atoms with Crippen molar-refractivity contribution in [2.45, 2.75) is 18.0 Å². The Labute approximate surface area is 146 Å². The summed E-state index contributed by atoms with van der Waals surface area (Å²) in [6, 6.07) is 14.7. The molecule has 5 nitrogen and oxygen atoms in total. The molecule has 0 aliphatic carbocycles. The molecule has 0 spiro atoms. The van der Waals surface area contributed by atoms with Crippen LogP contribution in [0.1, 0.15) is 11.1 Å². The Hall–Kier alpha value is -2.51. The lowest BCUT2D eigenvalue weighted by Crippen LogP contribution is -2.26. The van der Waals surface area contributed by atoms with Crippen molar-refractivity contribution in [3.63, 3.8) is 0 Å². The van der Waals surface area contributed by atoms with Gasteiger partial charge in [0.05, 0.1) is 17.6 Å². The number of halogens is 1. The Morgan fingerprint density at radius 1 is 1.04 bits per heavy atom. The van der Waals surface area contributed by atoms with Gasteiger partial charge in [0.25, 0.3) is 0 Å². The van der Waals surface area contributed by atoms with E-state index in [1.54, 1.807) is 10.9 Å². The van der Waals surface area contributed by atoms with Crippen molar-refractivity contribution in [3.05, 3.63) is 83.9 Å². The predicted octanol–water partition coefficient (Wildman–Crippen LogP) is 2.89. The van der Waals surface area contributed by atoms with Gasteiger partial charge < -0.3 is 0 Å². The third-order valence-electron chi connectivity index (χ3n) is 3.80. The Kier molecular flexibility index (Phi) is 4.96. The van der Waals surface area contributed by atoms with Gasteiger partial charge in [-0.25, -0.2) is 12.8 Å². The van der Waals surface area contributed by atoms with Crippen molar-refractivity contribution in [2.24, 2.45) is 0 Å². The Morgan fingerprint density at radius 2 is 1.72 bits per heavy atom. The maximum atomic E-state index is 13.0. The highest BCUT2D eigenvalue weighted by Crippen LogP contribution is 2.17. The largest absolute Gasteiger partial charge is 0.268 e. The van der Waals surface area contributed by atoms with E-state index in [-0.39, 0.29) is 11.4 Å². The maximum absolute atomic E-state index is 13.0. The smallest absolute Gasteiger partial charge is 0.243 e. The number of hydrogen-bond donors (Lipinski definition) is 0. The zero-order valence-corrected chi connectivity index (χ0v) is 14.5. The molecule has 0 unspecified atom stereocenters. The highest BCUT2D eigenvalue weighted by atomic mass is 32.2.